The molecule has 1 aliphatic rings. The minimum absolute atomic E-state index is 0.0251. The predicted molar refractivity (Wildman–Crippen MR) is 60.9 cm³/mol. The van der Waals surface area contributed by atoms with Crippen LogP contribution in [0.2, 0.25) is 0 Å². The first-order valence-electron chi connectivity index (χ1n) is 5.30. The molecule has 2 aromatic rings. The summed E-state index contributed by atoms with van der Waals surface area (Å²) in [5.41, 5.74) is 0. The molecular formula is C13H12O3. The number of ether oxygens (including phenoxy) is 2. The molecule has 0 saturated heterocycles. The number of aliphatic hydroxyl groups excluding tert-OH is 1. The average Bonchev–Trinajstić information content (AvgIpc) is 2.38. The van der Waals surface area contributed by atoms with Gasteiger partial charge in [-0.3, -0.25) is 0 Å². The molecule has 3 nitrogen and oxygen atoms in total. The third kappa shape index (κ3) is 1.41. The molecule has 1 N–H and O–H groups in total. The van der Waals surface area contributed by atoms with Gasteiger partial charge in [0.15, 0.2) is 17.6 Å². The Kier molecular flexibility index (Phi) is 2.18. The first kappa shape index (κ1) is 9.48. The molecule has 16 heavy (non-hydrogen) atoms. The lowest BCUT2D eigenvalue weighted by Gasteiger charge is -2.26. The van der Waals surface area contributed by atoms with Gasteiger partial charge in [-0.2, -0.15) is 0 Å². The van der Waals surface area contributed by atoms with E-state index >= 15 is 0 Å². The van der Waals surface area contributed by atoms with Gasteiger partial charge in [0.05, 0.1) is 6.61 Å². The molecule has 0 fully saturated rings. The Hall–Kier alpha value is -1.74. The van der Waals surface area contributed by atoms with E-state index in [-0.39, 0.29) is 12.7 Å². The Morgan fingerprint density at radius 1 is 1.19 bits per heavy atom. The van der Waals surface area contributed by atoms with Crippen molar-refractivity contribution in [2.24, 2.45) is 0 Å². The maximum atomic E-state index is 9.08. The number of fused-ring (bicyclic) bond motifs is 3. The average molecular weight is 216 g/mol. The minimum atomic E-state index is -0.265. The Balaban J connectivity index is 2.17. The van der Waals surface area contributed by atoms with E-state index < -0.39 is 0 Å². The van der Waals surface area contributed by atoms with Gasteiger partial charge in [-0.1, -0.05) is 30.3 Å². The van der Waals surface area contributed by atoms with E-state index in [1.165, 1.54) is 0 Å². The molecule has 0 radical (unpaired) electrons. The summed E-state index contributed by atoms with van der Waals surface area (Å²) in [5, 5.41) is 11.2. The SMILES string of the molecule is OCC1COc2ccc3ccccc3c2O1. The molecule has 0 aromatic heterocycles. The lowest BCUT2D eigenvalue weighted by molar-refractivity contribution is 0.0472. The highest BCUT2D eigenvalue weighted by Gasteiger charge is 2.21. The van der Waals surface area contributed by atoms with E-state index in [0.29, 0.717) is 6.61 Å². The molecule has 1 unspecified atom stereocenters. The molecule has 0 bridgehead atoms. The number of aliphatic hydroxyl groups is 1. The smallest absolute Gasteiger partial charge is 0.169 e. The largest absolute Gasteiger partial charge is 0.486 e. The molecule has 0 aliphatic carbocycles. The van der Waals surface area contributed by atoms with Crippen LogP contribution in [0.4, 0.5) is 0 Å². The molecule has 1 aliphatic heterocycles. The molecule has 2 aromatic carbocycles. The van der Waals surface area contributed by atoms with Gasteiger partial charge in [-0.15, -0.1) is 0 Å². The molecule has 1 heterocycles. The summed E-state index contributed by atoms with van der Waals surface area (Å²) in [7, 11) is 0. The van der Waals surface area contributed by atoms with E-state index in [1.54, 1.807) is 0 Å². The van der Waals surface area contributed by atoms with Crippen molar-refractivity contribution in [1.29, 1.82) is 0 Å². The van der Waals surface area contributed by atoms with Gasteiger partial charge in [0, 0.05) is 5.39 Å². The Morgan fingerprint density at radius 3 is 2.94 bits per heavy atom. The Bertz CT molecular complexity index is 522. The summed E-state index contributed by atoms with van der Waals surface area (Å²) >= 11 is 0. The number of hydrogen-bond acceptors (Lipinski definition) is 3. The number of rotatable bonds is 1. The third-order valence-corrected chi connectivity index (χ3v) is 2.76. The maximum absolute atomic E-state index is 9.08. The number of hydrogen-bond donors (Lipinski definition) is 1. The zero-order valence-electron chi connectivity index (χ0n) is 8.72. The van der Waals surface area contributed by atoms with Crippen molar-refractivity contribution < 1.29 is 14.6 Å². The van der Waals surface area contributed by atoms with E-state index in [4.69, 9.17) is 14.6 Å². The van der Waals surface area contributed by atoms with Gasteiger partial charge in [-0.25, -0.2) is 0 Å². The fourth-order valence-corrected chi connectivity index (χ4v) is 1.93. The summed E-state index contributed by atoms with van der Waals surface area (Å²) in [6.45, 7) is 0.379. The maximum Gasteiger partial charge on any atom is 0.169 e. The molecular weight excluding hydrogens is 204 g/mol. The highest BCUT2D eigenvalue weighted by atomic mass is 16.6. The van der Waals surface area contributed by atoms with Crippen LogP contribution >= 0.6 is 0 Å². The molecule has 0 amide bonds. The van der Waals surface area contributed by atoms with E-state index in [0.717, 1.165) is 22.3 Å². The van der Waals surface area contributed by atoms with Gasteiger partial charge in [0.2, 0.25) is 0 Å². The van der Waals surface area contributed by atoms with Crippen LogP contribution in [-0.4, -0.2) is 24.4 Å². The van der Waals surface area contributed by atoms with Crippen LogP contribution in [0, 0.1) is 0 Å². The highest BCUT2D eigenvalue weighted by Crippen LogP contribution is 2.38. The third-order valence-electron chi connectivity index (χ3n) is 2.76. The van der Waals surface area contributed by atoms with Crippen molar-refractivity contribution in [3.8, 4) is 11.5 Å². The van der Waals surface area contributed by atoms with Crippen molar-refractivity contribution in [2.75, 3.05) is 13.2 Å². The van der Waals surface area contributed by atoms with E-state index in [9.17, 15) is 0 Å². The zero-order chi connectivity index (χ0) is 11.0. The van der Waals surface area contributed by atoms with Crippen LogP contribution in [0.1, 0.15) is 0 Å². The lowest BCUT2D eigenvalue weighted by atomic mass is 10.1. The van der Waals surface area contributed by atoms with Crippen molar-refractivity contribution >= 4 is 10.8 Å². The van der Waals surface area contributed by atoms with Crippen molar-refractivity contribution in [3.05, 3.63) is 36.4 Å². The molecule has 1 atom stereocenters. The minimum Gasteiger partial charge on any atom is -0.486 e. The van der Waals surface area contributed by atoms with Crippen LogP contribution in [0.5, 0.6) is 11.5 Å². The number of benzene rings is 2. The fourth-order valence-electron chi connectivity index (χ4n) is 1.93. The topological polar surface area (TPSA) is 38.7 Å². The van der Waals surface area contributed by atoms with Gasteiger partial charge in [0.1, 0.15) is 6.61 Å². The standard InChI is InChI=1S/C13H12O3/c14-7-10-8-15-12-6-5-9-3-1-2-4-11(9)13(12)16-10/h1-6,10,14H,7-8H2. The van der Waals surface area contributed by atoms with Gasteiger partial charge in [0.25, 0.3) is 0 Å². The first-order chi connectivity index (χ1) is 7.88. The summed E-state index contributed by atoms with van der Waals surface area (Å²) in [5.74, 6) is 1.49. The molecule has 3 heteroatoms. The van der Waals surface area contributed by atoms with Crippen LogP contribution in [0.15, 0.2) is 36.4 Å². The summed E-state index contributed by atoms with van der Waals surface area (Å²) in [6.07, 6.45) is -0.265. The lowest BCUT2D eigenvalue weighted by Crippen LogP contribution is -2.32. The van der Waals surface area contributed by atoms with Crippen LogP contribution in [0.3, 0.4) is 0 Å². The van der Waals surface area contributed by atoms with Crippen LogP contribution < -0.4 is 9.47 Å². The Morgan fingerprint density at radius 2 is 2.06 bits per heavy atom. The summed E-state index contributed by atoms with van der Waals surface area (Å²) < 4.78 is 11.3. The van der Waals surface area contributed by atoms with Gasteiger partial charge < -0.3 is 14.6 Å². The van der Waals surface area contributed by atoms with E-state index in [2.05, 4.69) is 0 Å². The predicted octanol–water partition coefficient (Wildman–Crippen LogP) is 1.97. The molecule has 0 spiro atoms. The quantitative estimate of drug-likeness (QED) is 0.792. The summed E-state index contributed by atoms with van der Waals surface area (Å²) in [4.78, 5) is 0. The molecule has 82 valence electrons. The van der Waals surface area contributed by atoms with Crippen LogP contribution in [0.25, 0.3) is 10.8 Å². The second-order valence-electron chi connectivity index (χ2n) is 3.85. The fraction of sp³-hybridized carbons (Fsp3) is 0.231. The van der Waals surface area contributed by atoms with Crippen LogP contribution in [-0.2, 0) is 0 Å². The Labute approximate surface area is 93.2 Å². The van der Waals surface area contributed by atoms with E-state index in [1.807, 2.05) is 36.4 Å². The van der Waals surface area contributed by atoms with Crippen molar-refractivity contribution in [1.82, 2.24) is 0 Å². The van der Waals surface area contributed by atoms with Crippen molar-refractivity contribution in [2.45, 2.75) is 6.10 Å². The zero-order valence-corrected chi connectivity index (χ0v) is 8.72. The van der Waals surface area contributed by atoms with Crippen molar-refractivity contribution in [3.63, 3.8) is 0 Å². The highest BCUT2D eigenvalue weighted by molar-refractivity contribution is 5.90. The van der Waals surface area contributed by atoms with Gasteiger partial charge in [-0.05, 0) is 11.5 Å². The molecule has 0 saturated carbocycles. The summed E-state index contributed by atoms with van der Waals surface area (Å²) in [6, 6.07) is 11.9. The monoisotopic (exact) mass is 216 g/mol. The second-order valence-corrected chi connectivity index (χ2v) is 3.85. The molecule has 3 rings (SSSR count). The second kappa shape index (κ2) is 3.68. The first-order valence-corrected chi connectivity index (χ1v) is 5.30. The van der Waals surface area contributed by atoms with Gasteiger partial charge >= 0.3 is 0 Å². The normalized spacial score (nSPS) is 18.7.